The van der Waals surface area contributed by atoms with Crippen LogP contribution in [0.15, 0.2) is 30.7 Å². The molecule has 2 N–H and O–H groups in total. The zero-order chi connectivity index (χ0) is 9.97. The monoisotopic (exact) mass is 208 g/mol. The first-order valence-electron chi connectivity index (χ1n) is 4.13. The Labute approximate surface area is 86.3 Å². The molecule has 72 valence electrons. The fourth-order valence-electron chi connectivity index (χ4n) is 1.17. The first-order valence-corrected chi connectivity index (χ1v) is 4.51. The molecule has 14 heavy (non-hydrogen) atoms. The van der Waals surface area contributed by atoms with Gasteiger partial charge in [-0.15, -0.1) is 0 Å². The zero-order valence-electron chi connectivity index (χ0n) is 7.39. The Bertz CT molecular complexity index is 404. The van der Waals surface area contributed by atoms with Crippen LogP contribution in [0.1, 0.15) is 5.56 Å². The highest BCUT2D eigenvalue weighted by molar-refractivity contribution is 6.32. The minimum Gasteiger partial charge on any atom is -0.381 e. The van der Waals surface area contributed by atoms with Crippen molar-refractivity contribution in [3.05, 3.63) is 41.3 Å². The van der Waals surface area contributed by atoms with E-state index in [2.05, 4.69) is 10.1 Å². The van der Waals surface area contributed by atoms with Crippen molar-refractivity contribution in [1.82, 2.24) is 14.8 Å². The van der Waals surface area contributed by atoms with Crippen molar-refractivity contribution in [2.24, 2.45) is 0 Å². The molecule has 0 aliphatic rings. The van der Waals surface area contributed by atoms with Crippen LogP contribution in [-0.4, -0.2) is 14.8 Å². The van der Waals surface area contributed by atoms with Crippen LogP contribution in [0, 0.1) is 0 Å². The van der Waals surface area contributed by atoms with Crippen LogP contribution in [-0.2, 0) is 6.54 Å². The Hall–Kier alpha value is -1.55. The van der Waals surface area contributed by atoms with Crippen LogP contribution in [0.4, 0.5) is 5.82 Å². The van der Waals surface area contributed by atoms with Gasteiger partial charge in [-0.3, -0.25) is 9.67 Å². The molecule has 2 aromatic heterocycles. The van der Waals surface area contributed by atoms with Crippen molar-refractivity contribution >= 4 is 17.4 Å². The normalized spacial score (nSPS) is 10.4. The van der Waals surface area contributed by atoms with E-state index >= 15 is 0 Å². The lowest BCUT2D eigenvalue weighted by molar-refractivity contribution is 0.688. The summed E-state index contributed by atoms with van der Waals surface area (Å²) in [6, 6.07) is 3.85. The van der Waals surface area contributed by atoms with Gasteiger partial charge in [-0.05, 0) is 11.6 Å². The third-order valence-corrected chi connectivity index (χ3v) is 2.10. The average molecular weight is 209 g/mol. The third-order valence-electron chi connectivity index (χ3n) is 1.81. The van der Waals surface area contributed by atoms with Crippen molar-refractivity contribution in [3.63, 3.8) is 0 Å². The summed E-state index contributed by atoms with van der Waals surface area (Å²) in [7, 11) is 0. The van der Waals surface area contributed by atoms with E-state index in [4.69, 9.17) is 17.3 Å². The van der Waals surface area contributed by atoms with Gasteiger partial charge in [0.15, 0.2) is 5.82 Å². The second kappa shape index (κ2) is 3.67. The van der Waals surface area contributed by atoms with Crippen molar-refractivity contribution in [2.75, 3.05) is 5.73 Å². The summed E-state index contributed by atoms with van der Waals surface area (Å²) >= 11 is 5.77. The van der Waals surface area contributed by atoms with E-state index < -0.39 is 0 Å². The lowest BCUT2D eigenvalue weighted by Gasteiger charge is -1.99. The number of rotatable bonds is 2. The number of hydrogen-bond donors (Lipinski definition) is 1. The number of halogens is 1. The lowest BCUT2D eigenvalue weighted by atomic mass is 10.3. The summed E-state index contributed by atoms with van der Waals surface area (Å²) in [6.45, 7) is 0.630. The van der Waals surface area contributed by atoms with Gasteiger partial charge in [-0.2, -0.15) is 5.10 Å². The predicted octanol–water partition coefficient (Wildman–Crippen LogP) is 1.56. The van der Waals surface area contributed by atoms with Crippen LogP contribution in [0.5, 0.6) is 0 Å². The summed E-state index contributed by atoms with van der Waals surface area (Å²) in [5.41, 5.74) is 6.58. The SMILES string of the molecule is Nc1nn(Cc2cccnc2)cc1Cl. The molecule has 0 spiro atoms. The maximum Gasteiger partial charge on any atom is 0.164 e. The molecule has 0 atom stereocenters. The second-order valence-electron chi connectivity index (χ2n) is 2.92. The van der Waals surface area contributed by atoms with Crippen molar-refractivity contribution in [3.8, 4) is 0 Å². The topological polar surface area (TPSA) is 56.7 Å². The van der Waals surface area contributed by atoms with Gasteiger partial charge >= 0.3 is 0 Å². The van der Waals surface area contributed by atoms with Gasteiger partial charge in [-0.1, -0.05) is 17.7 Å². The molecule has 0 aromatic carbocycles. The van der Waals surface area contributed by atoms with Gasteiger partial charge < -0.3 is 5.73 Å². The maximum absolute atomic E-state index is 5.77. The highest BCUT2D eigenvalue weighted by Gasteiger charge is 2.02. The largest absolute Gasteiger partial charge is 0.381 e. The lowest BCUT2D eigenvalue weighted by Crippen LogP contribution is -2.01. The van der Waals surface area contributed by atoms with Gasteiger partial charge in [0.2, 0.25) is 0 Å². The highest BCUT2D eigenvalue weighted by Crippen LogP contribution is 2.15. The predicted molar refractivity (Wildman–Crippen MR) is 55.0 cm³/mol. The number of nitrogens with zero attached hydrogens (tertiary/aromatic N) is 3. The van der Waals surface area contributed by atoms with Gasteiger partial charge in [0, 0.05) is 18.6 Å². The Kier molecular flexibility index (Phi) is 2.37. The van der Waals surface area contributed by atoms with Gasteiger partial charge in [0.25, 0.3) is 0 Å². The molecule has 0 fully saturated rings. The van der Waals surface area contributed by atoms with E-state index in [1.165, 1.54) is 0 Å². The molecule has 5 heteroatoms. The van der Waals surface area contributed by atoms with Gasteiger partial charge in [0.1, 0.15) is 5.02 Å². The van der Waals surface area contributed by atoms with Crippen molar-refractivity contribution in [2.45, 2.75) is 6.54 Å². The highest BCUT2D eigenvalue weighted by atomic mass is 35.5. The van der Waals surface area contributed by atoms with Crippen molar-refractivity contribution in [1.29, 1.82) is 0 Å². The van der Waals surface area contributed by atoms with Crippen LogP contribution in [0.25, 0.3) is 0 Å². The summed E-state index contributed by atoms with van der Waals surface area (Å²) in [5, 5.41) is 4.52. The molecule has 0 amide bonds. The number of hydrogen-bond acceptors (Lipinski definition) is 3. The molecule has 2 rings (SSSR count). The molecule has 0 bridgehead atoms. The molecule has 2 aromatic rings. The van der Waals surface area contributed by atoms with E-state index in [-0.39, 0.29) is 0 Å². The molecule has 0 radical (unpaired) electrons. The molecule has 4 nitrogen and oxygen atoms in total. The molecular weight excluding hydrogens is 200 g/mol. The zero-order valence-corrected chi connectivity index (χ0v) is 8.15. The minimum absolute atomic E-state index is 0.357. The molecule has 0 aliphatic heterocycles. The Morgan fingerprint density at radius 1 is 1.50 bits per heavy atom. The summed E-state index contributed by atoms with van der Waals surface area (Å²) < 4.78 is 1.69. The molecule has 0 saturated carbocycles. The number of nitrogen functional groups attached to an aromatic ring is 1. The van der Waals surface area contributed by atoms with Crippen LogP contribution < -0.4 is 5.73 Å². The third kappa shape index (κ3) is 1.85. The first kappa shape index (κ1) is 9.02. The Morgan fingerprint density at radius 2 is 2.36 bits per heavy atom. The molecule has 0 aliphatic carbocycles. The Balaban J connectivity index is 2.19. The summed E-state index contributed by atoms with van der Waals surface area (Å²) in [4.78, 5) is 4.00. The van der Waals surface area contributed by atoms with E-state index in [9.17, 15) is 0 Å². The van der Waals surface area contributed by atoms with Crippen LogP contribution >= 0.6 is 11.6 Å². The standard InChI is InChI=1S/C9H9ClN4/c10-8-6-14(13-9(8)11)5-7-2-1-3-12-4-7/h1-4,6H,5H2,(H2,11,13). The second-order valence-corrected chi connectivity index (χ2v) is 3.33. The van der Waals surface area contributed by atoms with E-state index in [0.717, 1.165) is 5.56 Å². The molecule has 0 unspecified atom stereocenters. The molecule has 2 heterocycles. The number of anilines is 1. The quantitative estimate of drug-likeness (QED) is 0.815. The Morgan fingerprint density at radius 3 is 2.93 bits per heavy atom. The molecular formula is C9H9ClN4. The minimum atomic E-state index is 0.357. The smallest absolute Gasteiger partial charge is 0.164 e. The number of nitrogens with two attached hydrogens (primary N) is 1. The number of pyridine rings is 1. The summed E-state index contributed by atoms with van der Waals surface area (Å²) in [6.07, 6.45) is 5.21. The molecule has 0 saturated heterocycles. The van der Waals surface area contributed by atoms with Crippen LogP contribution in [0.2, 0.25) is 5.02 Å². The van der Waals surface area contributed by atoms with Gasteiger partial charge in [0.05, 0.1) is 6.54 Å². The average Bonchev–Trinajstić information content (AvgIpc) is 2.47. The van der Waals surface area contributed by atoms with E-state index in [0.29, 0.717) is 17.4 Å². The van der Waals surface area contributed by atoms with E-state index in [1.54, 1.807) is 23.3 Å². The fraction of sp³-hybridized carbons (Fsp3) is 0.111. The van der Waals surface area contributed by atoms with Gasteiger partial charge in [-0.25, -0.2) is 0 Å². The maximum atomic E-state index is 5.77. The summed E-state index contributed by atoms with van der Waals surface area (Å²) in [5.74, 6) is 0.357. The number of aromatic nitrogens is 3. The van der Waals surface area contributed by atoms with E-state index in [1.807, 2.05) is 12.1 Å². The first-order chi connectivity index (χ1) is 6.75. The van der Waals surface area contributed by atoms with Crippen LogP contribution in [0.3, 0.4) is 0 Å². The fourth-order valence-corrected chi connectivity index (χ4v) is 1.32. The van der Waals surface area contributed by atoms with Crippen molar-refractivity contribution < 1.29 is 0 Å².